The van der Waals surface area contributed by atoms with E-state index < -0.39 is 0 Å². The Labute approximate surface area is 51.2 Å². The monoisotopic (exact) mass is 116 g/mol. The quantitative estimate of drug-likeness (QED) is 0.546. The number of hydrogen-bond acceptors (Lipinski definition) is 2. The molecule has 0 spiro atoms. The Balaban J connectivity index is 3.71. The van der Waals surface area contributed by atoms with Crippen LogP contribution < -0.4 is 11.5 Å². The molecule has 0 heterocycles. The van der Waals surface area contributed by atoms with Gasteiger partial charge in [-0.1, -0.05) is 13.8 Å². The van der Waals surface area contributed by atoms with E-state index in [4.69, 9.17) is 11.5 Å². The van der Waals surface area contributed by atoms with Crippen LogP contribution in [0.1, 0.15) is 20.8 Å². The van der Waals surface area contributed by atoms with E-state index >= 15 is 0 Å². The van der Waals surface area contributed by atoms with Crippen molar-refractivity contribution in [3.05, 3.63) is 0 Å². The summed E-state index contributed by atoms with van der Waals surface area (Å²) in [5.74, 6) is 0.465. The predicted molar refractivity (Wildman–Crippen MR) is 36.5 cm³/mol. The highest BCUT2D eigenvalue weighted by Gasteiger charge is 2.19. The smallest absolute Gasteiger partial charge is 0.0273 e. The minimum absolute atomic E-state index is 0.181. The van der Waals surface area contributed by atoms with Gasteiger partial charge in [0.05, 0.1) is 0 Å². The van der Waals surface area contributed by atoms with Crippen molar-refractivity contribution >= 4 is 0 Å². The molecule has 0 aliphatic carbocycles. The fourth-order valence-electron chi connectivity index (χ4n) is 0.236. The second-order valence-corrected chi connectivity index (χ2v) is 2.86. The van der Waals surface area contributed by atoms with Gasteiger partial charge in [0.2, 0.25) is 0 Å². The molecular formula is C6H16N2. The summed E-state index contributed by atoms with van der Waals surface area (Å²) < 4.78 is 0. The first kappa shape index (κ1) is 7.92. The average molecular weight is 116 g/mol. The molecule has 0 aromatic rings. The van der Waals surface area contributed by atoms with E-state index in [0.717, 1.165) is 0 Å². The van der Waals surface area contributed by atoms with Gasteiger partial charge in [0.15, 0.2) is 0 Å². The van der Waals surface area contributed by atoms with Gasteiger partial charge >= 0.3 is 0 Å². The predicted octanol–water partition coefficient (Wildman–Crippen LogP) is 0.319. The maximum absolute atomic E-state index is 5.73. The molecule has 0 aliphatic heterocycles. The maximum atomic E-state index is 5.73. The van der Waals surface area contributed by atoms with Crippen molar-refractivity contribution in [2.24, 2.45) is 17.4 Å². The molecule has 0 unspecified atom stereocenters. The van der Waals surface area contributed by atoms with Crippen LogP contribution in [0.4, 0.5) is 0 Å². The van der Waals surface area contributed by atoms with Crippen LogP contribution >= 0.6 is 0 Å². The second kappa shape index (κ2) is 2.46. The Morgan fingerprint density at radius 3 is 1.88 bits per heavy atom. The van der Waals surface area contributed by atoms with Crippen molar-refractivity contribution in [1.82, 2.24) is 0 Å². The summed E-state index contributed by atoms with van der Waals surface area (Å²) >= 11 is 0. The van der Waals surface area contributed by atoms with Crippen LogP contribution in [-0.2, 0) is 0 Å². The van der Waals surface area contributed by atoms with Crippen LogP contribution in [0.25, 0.3) is 0 Å². The molecule has 50 valence electrons. The highest BCUT2D eigenvalue weighted by Crippen LogP contribution is 2.09. The molecule has 0 radical (unpaired) electrons. The lowest BCUT2D eigenvalue weighted by Gasteiger charge is -2.26. The van der Waals surface area contributed by atoms with Crippen LogP contribution in [0.5, 0.6) is 0 Å². The van der Waals surface area contributed by atoms with Crippen molar-refractivity contribution in [3.8, 4) is 0 Å². The van der Waals surface area contributed by atoms with Crippen LogP contribution in [0.2, 0.25) is 0 Å². The number of hydrogen-bond donors (Lipinski definition) is 2. The van der Waals surface area contributed by atoms with E-state index in [0.29, 0.717) is 12.5 Å². The Kier molecular flexibility index (Phi) is 2.44. The molecule has 0 saturated heterocycles. The lowest BCUT2D eigenvalue weighted by Crippen LogP contribution is -2.48. The van der Waals surface area contributed by atoms with E-state index in [-0.39, 0.29) is 5.54 Å². The zero-order chi connectivity index (χ0) is 6.78. The normalized spacial score (nSPS) is 18.8. The Hall–Kier alpha value is -0.0800. The number of rotatable bonds is 2. The highest BCUT2D eigenvalue weighted by molar-refractivity contribution is 4.82. The summed E-state index contributed by atoms with van der Waals surface area (Å²) in [7, 11) is 0. The molecule has 1 atom stereocenters. The first-order chi connectivity index (χ1) is 3.50. The molecule has 4 N–H and O–H groups in total. The van der Waals surface area contributed by atoms with Crippen molar-refractivity contribution in [2.45, 2.75) is 26.3 Å². The average Bonchev–Trinajstić information content (AvgIpc) is 1.67. The molecule has 0 amide bonds. The SMILES string of the molecule is CC(C)[C@@](C)(N)CN. The van der Waals surface area contributed by atoms with Crippen molar-refractivity contribution < 1.29 is 0 Å². The summed E-state index contributed by atoms with van der Waals surface area (Å²) in [6.45, 7) is 6.68. The fourth-order valence-corrected chi connectivity index (χ4v) is 0.236. The van der Waals surface area contributed by atoms with E-state index in [1.54, 1.807) is 0 Å². The molecule has 0 saturated carbocycles. The summed E-state index contributed by atoms with van der Waals surface area (Å²) in [6, 6.07) is 0. The topological polar surface area (TPSA) is 52.0 Å². The van der Waals surface area contributed by atoms with Gasteiger partial charge in [-0.3, -0.25) is 0 Å². The Morgan fingerprint density at radius 2 is 1.88 bits per heavy atom. The standard InChI is InChI=1S/C6H16N2/c1-5(2)6(3,8)4-7/h5H,4,7-8H2,1-3H3/t6-/m0/s1. The van der Waals surface area contributed by atoms with E-state index in [1.165, 1.54) is 0 Å². The molecule has 0 aromatic carbocycles. The minimum Gasteiger partial charge on any atom is -0.329 e. The first-order valence-corrected chi connectivity index (χ1v) is 2.99. The van der Waals surface area contributed by atoms with Gasteiger partial charge < -0.3 is 11.5 Å². The third-order valence-electron chi connectivity index (χ3n) is 1.76. The van der Waals surface area contributed by atoms with Crippen molar-refractivity contribution in [3.63, 3.8) is 0 Å². The molecular weight excluding hydrogens is 100 g/mol. The molecule has 0 fully saturated rings. The summed E-state index contributed by atoms with van der Waals surface area (Å²) in [5, 5.41) is 0. The molecule has 0 aliphatic rings. The zero-order valence-corrected chi connectivity index (χ0v) is 5.94. The van der Waals surface area contributed by atoms with E-state index in [9.17, 15) is 0 Å². The second-order valence-electron chi connectivity index (χ2n) is 2.86. The number of nitrogens with two attached hydrogens (primary N) is 2. The van der Waals surface area contributed by atoms with Crippen LogP contribution in [-0.4, -0.2) is 12.1 Å². The molecule has 8 heavy (non-hydrogen) atoms. The van der Waals surface area contributed by atoms with E-state index in [1.807, 2.05) is 6.92 Å². The van der Waals surface area contributed by atoms with Gasteiger partial charge in [-0.15, -0.1) is 0 Å². The third kappa shape index (κ3) is 1.80. The largest absolute Gasteiger partial charge is 0.329 e. The summed E-state index contributed by atoms with van der Waals surface area (Å²) in [4.78, 5) is 0. The van der Waals surface area contributed by atoms with Gasteiger partial charge in [0, 0.05) is 12.1 Å². The van der Waals surface area contributed by atoms with Crippen LogP contribution in [0.15, 0.2) is 0 Å². The van der Waals surface area contributed by atoms with Gasteiger partial charge in [0.1, 0.15) is 0 Å². The van der Waals surface area contributed by atoms with Gasteiger partial charge in [-0.2, -0.15) is 0 Å². The molecule has 2 heteroatoms. The zero-order valence-electron chi connectivity index (χ0n) is 5.94. The fraction of sp³-hybridized carbons (Fsp3) is 1.00. The Morgan fingerprint density at radius 1 is 1.50 bits per heavy atom. The summed E-state index contributed by atoms with van der Waals surface area (Å²) in [5.41, 5.74) is 10.9. The third-order valence-corrected chi connectivity index (χ3v) is 1.76. The molecule has 0 bridgehead atoms. The Bertz CT molecular complexity index is 66.9. The van der Waals surface area contributed by atoms with Crippen molar-refractivity contribution in [2.75, 3.05) is 6.54 Å². The van der Waals surface area contributed by atoms with Crippen molar-refractivity contribution in [1.29, 1.82) is 0 Å². The lowest BCUT2D eigenvalue weighted by atomic mass is 9.90. The first-order valence-electron chi connectivity index (χ1n) is 2.99. The molecule has 0 aromatic heterocycles. The van der Waals surface area contributed by atoms with Gasteiger partial charge in [-0.05, 0) is 12.8 Å². The molecule has 2 nitrogen and oxygen atoms in total. The minimum atomic E-state index is -0.181. The van der Waals surface area contributed by atoms with Crippen LogP contribution in [0, 0.1) is 5.92 Å². The molecule has 0 rings (SSSR count). The van der Waals surface area contributed by atoms with Gasteiger partial charge in [-0.25, -0.2) is 0 Å². The van der Waals surface area contributed by atoms with Gasteiger partial charge in [0.25, 0.3) is 0 Å². The lowest BCUT2D eigenvalue weighted by molar-refractivity contribution is 0.350. The maximum Gasteiger partial charge on any atom is 0.0273 e. The van der Waals surface area contributed by atoms with E-state index in [2.05, 4.69) is 13.8 Å². The summed E-state index contributed by atoms with van der Waals surface area (Å²) in [6.07, 6.45) is 0. The van der Waals surface area contributed by atoms with Crippen LogP contribution in [0.3, 0.4) is 0 Å². The highest BCUT2D eigenvalue weighted by atomic mass is 14.8.